The number of nitrogens with zero attached hydrogens (tertiary/aromatic N) is 4. The second kappa shape index (κ2) is 8.63. The summed E-state index contributed by atoms with van der Waals surface area (Å²) in [4.78, 5) is 16.7. The van der Waals surface area contributed by atoms with Crippen LogP contribution < -0.4 is 0 Å². The van der Waals surface area contributed by atoms with Gasteiger partial charge in [-0.3, -0.25) is 14.4 Å². The summed E-state index contributed by atoms with van der Waals surface area (Å²) in [5, 5.41) is 14.3. The van der Waals surface area contributed by atoms with Gasteiger partial charge in [0.15, 0.2) is 0 Å². The molecule has 6 heteroatoms. The van der Waals surface area contributed by atoms with Crippen LogP contribution in [0, 0.1) is 0 Å². The van der Waals surface area contributed by atoms with E-state index in [-0.39, 0.29) is 12.0 Å². The van der Waals surface area contributed by atoms with Gasteiger partial charge in [0.05, 0.1) is 17.5 Å². The Morgan fingerprint density at radius 2 is 2.12 bits per heavy atom. The zero-order valence-corrected chi connectivity index (χ0v) is 15.2. The van der Waals surface area contributed by atoms with Gasteiger partial charge in [-0.15, -0.1) is 0 Å². The Hall–Kier alpha value is -1.66. The topological polar surface area (TPSA) is 61.6 Å². The van der Waals surface area contributed by atoms with E-state index in [2.05, 4.69) is 34.7 Å². The SMILES string of the molecule is CC=CCN1CCCn2nc(CCC(=O)N3CCC(O)CC3)cc2C1. The molecule has 0 unspecified atom stereocenters. The number of likely N-dealkylation sites (tertiary alicyclic amines) is 1. The number of aliphatic hydroxyl groups excluding tert-OH is 1. The summed E-state index contributed by atoms with van der Waals surface area (Å²) < 4.78 is 2.12. The standard InChI is InChI=1S/C19H30N4O2/c1-2-3-9-21-10-4-11-23-17(15-21)14-16(20-23)5-6-19(25)22-12-7-18(24)8-13-22/h2-3,14,18,24H,4-13,15H2,1H3. The summed E-state index contributed by atoms with van der Waals surface area (Å²) in [5.74, 6) is 0.185. The lowest BCUT2D eigenvalue weighted by molar-refractivity contribution is -0.133. The zero-order chi connectivity index (χ0) is 17.6. The maximum absolute atomic E-state index is 12.3. The van der Waals surface area contributed by atoms with Gasteiger partial charge in [-0.2, -0.15) is 5.10 Å². The van der Waals surface area contributed by atoms with Crippen LogP contribution in [0.5, 0.6) is 0 Å². The lowest BCUT2D eigenvalue weighted by Crippen LogP contribution is -2.40. The van der Waals surface area contributed by atoms with E-state index >= 15 is 0 Å². The Bertz CT molecular complexity index is 603. The first-order chi connectivity index (χ1) is 12.2. The largest absolute Gasteiger partial charge is 0.393 e. The average molecular weight is 346 g/mol. The highest BCUT2D eigenvalue weighted by Crippen LogP contribution is 2.16. The number of aromatic nitrogens is 2. The molecule has 0 atom stereocenters. The predicted octanol–water partition coefficient (Wildman–Crippen LogP) is 1.58. The van der Waals surface area contributed by atoms with Crippen LogP contribution >= 0.6 is 0 Å². The molecule has 0 aromatic carbocycles. The highest BCUT2D eigenvalue weighted by atomic mass is 16.3. The van der Waals surface area contributed by atoms with Gasteiger partial charge in [-0.25, -0.2) is 0 Å². The van der Waals surface area contributed by atoms with E-state index in [0.717, 1.165) is 38.3 Å². The van der Waals surface area contributed by atoms with E-state index < -0.39 is 0 Å². The molecule has 25 heavy (non-hydrogen) atoms. The van der Waals surface area contributed by atoms with Crippen molar-refractivity contribution in [3.8, 4) is 0 Å². The van der Waals surface area contributed by atoms with Gasteiger partial charge in [0.2, 0.25) is 5.91 Å². The third-order valence-corrected chi connectivity index (χ3v) is 5.16. The molecule has 1 N–H and O–H groups in total. The molecule has 1 amide bonds. The fourth-order valence-corrected chi connectivity index (χ4v) is 3.63. The number of hydrogen-bond acceptors (Lipinski definition) is 4. The van der Waals surface area contributed by atoms with Crippen molar-refractivity contribution in [3.63, 3.8) is 0 Å². The molecule has 0 bridgehead atoms. The fraction of sp³-hybridized carbons (Fsp3) is 0.684. The first-order valence-corrected chi connectivity index (χ1v) is 9.50. The Labute approximate surface area is 150 Å². The summed E-state index contributed by atoms with van der Waals surface area (Å²) in [6, 6.07) is 2.17. The van der Waals surface area contributed by atoms with E-state index in [1.807, 2.05) is 4.90 Å². The molecule has 0 aliphatic carbocycles. The molecule has 1 saturated heterocycles. The molecule has 1 fully saturated rings. The first kappa shape index (κ1) is 18.1. The van der Waals surface area contributed by atoms with E-state index in [4.69, 9.17) is 5.10 Å². The maximum Gasteiger partial charge on any atom is 0.222 e. The van der Waals surface area contributed by atoms with Crippen LogP contribution in [0.25, 0.3) is 0 Å². The molecular weight excluding hydrogens is 316 g/mol. The van der Waals surface area contributed by atoms with Crippen LogP contribution in [0.4, 0.5) is 0 Å². The van der Waals surface area contributed by atoms with Crippen LogP contribution in [0.1, 0.15) is 44.0 Å². The minimum absolute atomic E-state index is 0.185. The lowest BCUT2D eigenvalue weighted by atomic mass is 10.1. The van der Waals surface area contributed by atoms with Crippen molar-refractivity contribution in [1.29, 1.82) is 0 Å². The highest BCUT2D eigenvalue weighted by Gasteiger charge is 2.22. The minimum atomic E-state index is -0.238. The van der Waals surface area contributed by atoms with Crippen molar-refractivity contribution in [2.45, 2.75) is 58.2 Å². The van der Waals surface area contributed by atoms with Gasteiger partial charge in [0, 0.05) is 52.1 Å². The number of aryl methyl sites for hydroxylation is 2. The Morgan fingerprint density at radius 3 is 2.88 bits per heavy atom. The van der Waals surface area contributed by atoms with Crippen LogP contribution in [-0.4, -0.2) is 62.9 Å². The van der Waals surface area contributed by atoms with Crippen molar-refractivity contribution < 1.29 is 9.90 Å². The van der Waals surface area contributed by atoms with Crippen molar-refractivity contribution in [3.05, 3.63) is 29.6 Å². The van der Waals surface area contributed by atoms with Gasteiger partial charge in [0.25, 0.3) is 0 Å². The number of carbonyl (C=O) groups is 1. The summed E-state index contributed by atoms with van der Waals surface area (Å²) >= 11 is 0. The predicted molar refractivity (Wildman–Crippen MR) is 97.1 cm³/mol. The van der Waals surface area contributed by atoms with E-state index in [9.17, 15) is 9.90 Å². The number of hydrogen-bond donors (Lipinski definition) is 1. The summed E-state index contributed by atoms with van der Waals surface area (Å²) in [6.07, 6.45) is 7.78. The van der Waals surface area contributed by atoms with Gasteiger partial charge in [-0.05, 0) is 32.3 Å². The van der Waals surface area contributed by atoms with Gasteiger partial charge < -0.3 is 10.0 Å². The zero-order valence-electron chi connectivity index (χ0n) is 15.2. The summed E-state index contributed by atoms with van der Waals surface area (Å²) in [7, 11) is 0. The van der Waals surface area contributed by atoms with Crippen LogP contribution in [0.3, 0.4) is 0 Å². The quantitative estimate of drug-likeness (QED) is 0.823. The van der Waals surface area contributed by atoms with Gasteiger partial charge in [-0.1, -0.05) is 12.2 Å². The monoisotopic (exact) mass is 346 g/mol. The van der Waals surface area contributed by atoms with Crippen molar-refractivity contribution in [1.82, 2.24) is 19.6 Å². The summed E-state index contributed by atoms with van der Waals surface area (Å²) in [5.41, 5.74) is 2.28. The number of piperidine rings is 1. The number of carbonyl (C=O) groups excluding carboxylic acids is 1. The molecule has 3 heterocycles. The number of rotatable bonds is 5. The lowest BCUT2D eigenvalue weighted by Gasteiger charge is -2.29. The van der Waals surface area contributed by atoms with Crippen molar-refractivity contribution >= 4 is 5.91 Å². The van der Waals surface area contributed by atoms with E-state index in [1.54, 1.807) is 0 Å². The number of aliphatic hydroxyl groups is 1. The molecule has 1 aromatic heterocycles. The molecule has 0 radical (unpaired) electrons. The number of amides is 1. The molecule has 3 rings (SSSR count). The van der Waals surface area contributed by atoms with Crippen molar-refractivity contribution in [2.24, 2.45) is 0 Å². The van der Waals surface area contributed by atoms with Gasteiger partial charge >= 0.3 is 0 Å². The Balaban J connectivity index is 1.53. The molecular formula is C19H30N4O2. The normalized spacial score (nSPS) is 20.0. The van der Waals surface area contributed by atoms with E-state index in [0.29, 0.717) is 38.8 Å². The van der Waals surface area contributed by atoms with Crippen LogP contribution in [0.15, 0.2) is 18.2 Å². The first-order valence-electron chi connectivity index (χ1n) is 9.50. The van der Waals surface area contributed by atoms with Gasteiger partial charge in [0.1, 0.15) is 0 Å². The third kappa shape index (κ3) is 4.92. The number of allylic oxidation sites excluding steroid dienone is 1. The third-order valence-electron chi connectivity index (χ3n) is 5.16. The molecule has 2 aliphatic heterocycles. The molecule has 2 aliphatic rings. The molecule has 138 valence electrons. The highest BCUT2D eigenvalue weighted by molar-refractivity contribution is 5.76. The average Bonchev–Trinajstić information content (AvgIpc) is 2.89. The maximum atomic E-state index is 12.3. The van der Waals surface area contributed by atoms with Crippen LogP contribution in [0.2, 0.25) is 0 Å². The number of fused-ring (bicyclic) bond motifs is 1. The second-order valence-corrected chi connectivity index (χ2v) is 7.12. The van der Waals surface area contributed by atoms with Crippen molar-refractivity contribution in [2.75, 3.05) is 26.2 Å². The van der Waals surface area contributed by atoms with E-state index in [1.165, 1.54) is 5.69 Å². The molecule has 0 saturated carbocycles. The smallest absolute Gasteiger partial charge is 0.222 e. The molecule has 0 spiro atoms. The second-order valence-electron chi connectivity index (χ2n) is 7.12. The molecule has 6 nitrogen and oxygen atoms in total. The summed E-state index contributed by atoms with van der Waals surface area (Å²) in [6.45, 7) is 7.38. The minimum Gasteiger partial charge on any atom is -0.393 e. The molecule has 1 aromatic rings. The Morgan fingerprint density at radius 1 is 1.32 bits per heavy atom. The fourth-order valence-electron chi connectivity index (χ4n) is 3.63. The Kier molecular flexibility index (Phi) is 6.26. The van der Waals surface area contributed by atoms with Crippen LogP contribution in [-0.2, 0) is 24.3 Å².